The number of nitrogens with zero attached hydrogens (tertiary/aromatic N) is 3. The maximum Gasteiger partial charge on any atom is 0.255 e. The fraction of sp³-hybridized carbons (Fsp3) is 0.500. The number of likely N-dealkylation sites (tertiary alicyclic amines) is 1. The lowest BCUT2D eigenvalue weighted by molar-refractivity contribution is 0.0754. The van der Waals surface area contributed by atoms with Crippen LogP contribution in [0.15, 0.2) is 30.7 Å². The molecule has 0 radical (unpaired) electrons. The Balaban J connectivity index is 1.63. The molecular formula is C16H21N3O2. The van der Waals surface area contributed by atoms with E-state index in [1.54, 1.807) is 6.20 Å². The van der Waals surface area contributed by atoms with Crippen LogP contribution in [-0.4, -0.2) is 46.5 Å². The molecule has 0 spiro atoms. The molecule has 0 N–H and O–H groups in total. The van der Waals surface area contributed by atoms with Crippen LogP contribution in [0.25, 0.3) is 5.65 Å². The fourth-order valence-electron chi connectivity index (χ4n) is 2.78. The quantitative estimate of drug-likeness (QED) is 0.792. The highest BCUT2D eigenvalue weighted by Gasteiger charge is 2.27. The number of aromatic nitrogens is 2. The molecule has 112 valence electrons. The van der Waals surface area contributed by atoms with E-state index in [9.17, 15) is 4.79 Å². The maximum atomic E-state index is 12.5. The number of hydrogen-bond donors (Lipinski definition) is 0. The second-order valence-corrected chi connectivity index (χ2v) is 5.59. The number of ether oxygens (including phenoxy) is 1. The zero-order chi connectivity index (χ0) is 14.7. The third-order valence-electron chi connectivity index (χ3n) is 3.91. The highest BCUT2D eigenvalue weighted by atomic mass is 16.5. The van der Waals surface area contributed by atoms with E-state index in [0.29, 0.717) is 5.92 Å². The van der Waals surface area contributed by atoms with Crippen molar-refractivity contribution in [2.75, 3.05) is 26.3 Å². The molecule has 0 aromatic carbocycles. The molecule has 21 heavy (non-hydrogen) atoms. The van der Waals surface area contributed by atoms with Crippen LogP contribution in [0.1, 0.15) is 30.1 Å². The number of carbonyl (C=O) groups is 1. The van der Waals surface area contributed by atoms with Gasteiger partial charge in [0.05, 0.1) is 12.2 Å². The SMILES string of the molecule is CCCOC[C@H]1CCN(C(=O)c2ccc3nccn3c2)C1. The van der Waals surface area contributed by atoms with E-state index < -0.39 is 0 Å². The Morgan fingerprint density at radius 3 is 3.24 bits per heavy atom. The van der Waals surface area contributed by atoms with E-state index in [-0.39, 0.29) is 5.91 Å². The number of rotatable bonds is 5. The lowest BCUT2D eigenvalue weighted by Crippen LogP contribution is -2.29. The first-order valence-corrected chi connectivity index (χ1v) is 7.57. The first-order chi connectivity index (χ1) is 10.3. The van der Waals surface area contributed by atoms with Crippen LogP contribution in [-0.2, 0) is 4.74 Å². The second-order valence-electron chi connectivity index (χ2n) is 5.59. The van der Waals surface area contributed by atoms with Crippen LogP contribution in [0.2, 0.25) is 0 Å². The summed E-state index contributed by atoms with van der Waals surface area (Å²) in [5.41, 5.74) is 1.58. The molecule has 5 heteroatoms. The van der Waals surface area contributed by atoms with Crippen molar-refractivity contribution >= 4 is 11.6 Å². The van der Waals surface area contributed by atoms with Gasteiger partial charge < -0.3 is 14.0 Å². The normalized spacial score (nSPS) is 18.5. The third kappa shape index (κ3) is 3.08. The van der Waals surface area contributed by atoms with Crippen LogP contribution >= 0.6 is 0 Å². The summed E-state index contributed by atoms with van der Waals surface area (Å²) >= 11 is 0. The van der Waals surface area contributed by atoms with Crippen molar-refractivity contribution in [1.82, 2.24) is 14.3 Å². The molecule has 0 aliphatic carbocycles. The Kier molecular flexibility index (Phi) is 4.20. The molecule has 2 aromatic rings. The minimum Gasteiger partial charge on any atom is -0.381 e. The van der Waals surface area contributed by atoms with Gasteiger partial charge in [0.1, 0.15) is 5.65 Å². The summed E-state index contributed by atoms with van der Waals surface area (Å²) in [7, 11) is 0. The van der Waals surface area contributed by atoms with Crippen molar-refractivity contribution in [1.29, 1.82) is 0 Å². The Bertz CT molecular complexity index is 623. The van der Waals surface area contributed by atoms with E-state index in [1.165, 1.54) is 0 Å². The van der Waals surface area contributed by atoms with Gasteiger partial charge in [-0.05, 0) is 25.0 Å². The lowest BCUT2D eigenvalue weighted by atomic mass is 10.1. The van der Waals surface area contributed by atoms with Gasteiger partial charge in [-0.25, -0.2) is 4.98 Å². The number of carbonyl (C=O) groups excluding carboxylic acids is 1. The molecule has 1 fully saturated rings. The molecular weight excluding hydrogens is 266 g/mol. The van der Waals surface area contributed by atoms with E-state index in [2.05, 4.69) is 11.9 Å². The van der Waals surface area contributed by atoms with Gasteiger partial charge in [-0.15, -0.1) is 0 Å². The van der Waals surface area contributed by atoms with Gasteiger partial charge in [0.2, 0.25) is 0 Å². The van der Waals surface area contributed by atoms with Crippen molar-refractivity contribution < 1.29 is 9.53 Å². The van der Waals surface area contributed by atoms with Crippen molar-refractivity contribution in [3.8, 4) is 0 Å². The Hall–Kier alpha value is -1.88. The van der Waals surface area contributed by atoms with Gasteiger partial charge in [0.25, 0.3) is 5.91 Å². The Labute approximate surface area is 124 Å². The van der Waals surface area contributed by atoms with Crippen LogP contribution in [0.4, 0.5) is 0 Å². The molecule has 1 saturated heterocycles. The Morgan fingerprint density at radius 1 is 1.48 bits per heavy atom. The second kappa shape index (κ2) is 6.26. The topological polar surface area (TPSA) is 46.8 Å². The average Bonchev–Trinajstić information content (AvgIpc) is 3.15. The minimum atomic E-state index is 0.101. The molecule has 3 heterocycles. The third-order valence-corrected chi connectivity index (χ3v) is 3.91. The van der Waals surface area contributed by atoms with Crippen molar-refractivity contribution in [3.05, 3.63) is 36.3 Å². The van der Waals surface area contributed by atoms with Gasteiger partial charge in [-0.1, -0.05) is 6.92 Å². The van der Waals surface area contributed by atoms with Crippen molar-refractivity contribution in [2.45, 2.75) is 19.8 Å². The number of amides is 1. The monoisotopic (exact) mass is 287 g/mol. The van der Waals surface area contributed by atoms with E-state index >= 15 is 0 Å². The molecule has 5 nitrogen and oxygen atoms in total. The molecule has 1 aliphatic rings. The number of pyridine rings is 1. The summed E-state index contributed by atoms with van der Waals surface area (Å²) in [4.78, 5) is 18.7. The first-order valence-electron chi connectivity index (χ1n) is 7.57. The zero-order valence-corrected chi connectivity index (χ0v) is 12.4. The summed E-state index contributed by atoms with van der Waals surface area (Å²) in [6.07, 6.45) is 7.52. The lowest BCUT2D eigenvalue weighted by Gasteiger charge is -2.17. The predicted octanol–water partition coefficient (Wildman–Crippen LogP) is 2.22. The summed E-state index contributed by atoms with van der Waals surface area (Å²) in [6.45, 7) is 5.29. The van der Waals surface area contributed by atoms with Gasteiger partial charge in [0.15, 0.2) is 0 Å². The molecule has 1 atom stereocenters. The van der Waals surface area contributed by atoms with Crippen LogP contribution < -0.4 is 0 Å². The van der Waals surface area contributed by atoms with Gasteiger partial charge in [0, 0.05) is 44.2 Å². The van der Waals surface area contributed by atoms with E-state index in [1.807, 2.05) is 33.8 Å². The summed E-state index contributed by atoms with van der Waals surface area (Å²) in [5.74, 6) is 0.570. The van der Waals surface area contributed by atoms with Gasteiger partial charge >= 0.3 is 0 Å². The van der Waals surface area contributed by atoms with E-state index in [0.717, 1.165) is 50.4 Å². The fourth-order valence-corrected chi connectivity index (χ4v) is 2.78. The number of fused-ring (bicyclic) bond motifs is 1. The molecule has 0 saturated carbocycles. The average molecular weight is 287 g/mol. The first kappa shape index (κ1) is 14.1. The van der Waals surface area contributed by atoms with E-state index in [4.69, 9.17) is 4.74 Å². The molecule has 1 aliphatic heterocycles. The summed E-state index contributed by atoms with van der Waals surface area (Å²) in [5, 5.41) is 0. The van der Waals surface area contributed by atoms with Gasteiger partial charge in [-0.2, -0.15) is 0 Å². The molecule has 1 amide bonds. The minimum absolute atomic E-state index is 0.101. The number of hydrogen-bond acceptors (Lipinski definition) is 3. The van der Waals surface area contributed by atoms with Crippen molar-refractivity contribution in [2.24, 2.45) is 5.92 Å². The largest absolute Gasteiger partial charge is 0.381 e. The van der Waals surface area contributed by atoms with Crippen molar-refractivity contribution in [3.63, 3.8) is 0 Å². The maximum absolute atomic E-state index is 12.5. The molecule has 0 bridgehead atoms. The highest BCUT2D eigenvalue weighted by molar-refractivity contribution is 5.94. The molecule has 3 rings (SSSR count). The Morgan fingerprint density at radius 2 is 2.38 bits per heavy atom. The summed E-state index contributed by atoms with van der Waals surface area (Å²) < 4.78 is 7.48. The van der Waals surface area contributed by atoms with Crippen LogP contribution in [0.5, 0.6) is 0 Å². The van der Waals surface area contributed by atoms with Gasteiger partial charge in [-0.3, -0.25) is 4.79 Å². The number of imidazole rings is 1. The zero-order valence-electron chi connectivity index (χ0n) is 12.4. The summed E-state index contributed by atoms with van der Waals surface area (Å²) in [6, 6.07) is 3.73. The highest BCUT2D eigenvalue weighted by Crippen LogP contribution is 2.19. The van der Waals surface area contributed by atoms with Crippen LogP contribution in [0.3, 0.4) is 0 Å². The molecule has 0 unspecified atom stereocenters. The predicted molar refractivity (Wildman–Crippen MR) is 80.3 cm³/mol. The molecule has 2 aromatic heterocycles. The van der Waals surface area contributed by atoms with Crippen LogP contribution in [0, 0.1) is 5.92 Å². The smallest absolute Gasteiger partial charge is 0.255 e. The standard InChI is InChI=1S/C16H21N3O2/c1-2-9-21-12-13-5-7-19(10-13)16(20)14-3-4-15-17-6-8-18(15)11-14/h3-4,6,8,11,13H,2,5,7,9-10,12H2,1H3/t13-/m0/s1.